The minimum absolute atomic E-state index is 0.0350. The summed E-state index contributed by atoms with van der Waals surface area (Å²) in [4.78, 5) is 12.0. The van der Waals surface area contributed by atoms with Crippen LogP contribution in [0.3, 0.4) is 0 Å². The maximum Gasteiger partial charge on any atom is 0.260 e. The summed E-state index contributed by atoms with van der Waals surface area (Å²) in [7, 11) is 0. The Morgan fingerprint density at radius 3 is 2.80 bits per heavy atom. The number of aliphatic hydroxyl groups is 1. The summed E-state index contributed by atoms with van der Waals surface area (Å²) in [5.41, 5.74) is 0. The predicted molar refractivity (Wildman–Crippen MR) is 83.2 cm³/mol. The smallest absolute Gasteiger partial charge is 0.260 e. The van der Waals surface area contributed by atoms with Crippen LogP contribution in [0.5, 0.6) is 5.75 Å². The SMILES string of the molecule is CCC(CCO)NC(=O)C(C)Oc1ccc(Cl)cc1Br. The quantitative estimate of drug-likeness (QED) is 0.781. The van der Waals surface area contributed by atoms with Crippen molar-refractivity contribution in [3.63, 3.8) is 0 Å². The third kappa shape index (κ3) is 5.31. The second-order valence-corrected chi connectivity index (χ2v) is 5.75. The average molecular weight is 365 g/mol. The Labute approximate surface area is 132 Å². The van der Waals surface area contributed by atoms with Gasteiger partial charge in [-0.05, 0) is 53.9 Å². The first-order valence-electron chi connectivity index (χ1n) is 6.50. The highest BCUT2D eigenvalue weighted by Crippen LogP contribution is 2.28. The molecular formula is C14H19BrClNO3. The molecule has 20 heavy (non-hydrogen) atoms. The van der Waals surface area contributed by atoms with E-state index in [1.807, 2.05) is 6.92 Å². The van der Waals surface area contributed by atoms with Gasteiger partial charge in [-0.3, -0.25) is 4.79 Å². The molecule has 1 rings (SSSR count). The lowest BCUT2D eigenvalue weighted by Crippen LogP contribution is -2.42. The fourth-order valence-corrected chi connectivity index (χ4v) is 2.44. The zero-order valence-electron chi connectivity index (χ0n) is 11.5. The van der Waals surface area contributed by atoms with Gasteiger partial charge in [-0.15, -0.1) is 0 Å². The van der Waals surface area contributed by atoms with Gasteiger partial charge in [0.15, 0.2) is 6.10 Å². The molecule has 0 aromatic heterocycles. The molecule has 0 aliphatic carbocycles. The molecule has 1 aromatic rings. The van der Waals surface area contributed by atoms with Gasteiger partial charge in [0.2, 0.25) is 0 Å². The molecule has 0 radical (unpaired) electrons. The summed E-state index contributed by atoms with van der Waals surface area (Å²) in [5, 5.41) is 12.4. The van der Waals surface area contributed by atoms with Crippen LogP contribution in [0.2, 0.25) is 5.02 Å². The summed E-state index contributed by atoms with van der Waals surface area (Å²) in [5.74, 6) is 0.361. The first-order valence-corrected chi connectivity index (χ1v) is 7.68. The van der Waals surface area contributed by atoms with Crippen LogP contribution in [0.4, 0.5) is 0 Å². The molecule has 2 unspecified atom stereocenters. The Kier molecular flexibility index (Phi) is 7.34. The van der Waals surface area contributed by atoms with Crippen molar-refractivity contribution in [2.45, 2.75) is 38.8 Å². The van der Waals surface area contributed by atoms with Gasteiger partial charge in [-0.25, -0.2) is 0 Å². The standard InChI is InChI=1S/C14H19BrClNO3/c1-3-11(6-7-18)17-14(19)9(2)20-13-5-4-10(16)8-12(13)15/h4-5,8-9,11,18H,3,6-7H2,1-2H3,(H,17,19). The molecule has 0 spiro atoms. The van der Waals surface area contributed by atoms with Gasteiger partial charge >= 0.3 is 0 Å². The van der Waals surface area contributed by atoms with Gasteiger partial charge in [0.25, 0.3) is 5.91 Å². The molecule has 2 N–H and O–H groups in total. The first-order chi connectivity index (χ1) is 9.47. The highest BCUT2D eigenvalue weighted by Gasteiger charge is 2.18. The van der Waals surface area contributed by atoms with Crippen molar-refractivity contribution in [3.05, 3.63) is 27.7 Å². The van der Waals surface area contributed by atoms with E-state index in [9.17, 15) is 4.79 Å². The number of carbonyl (C=O) groups excluding carboxylic acids is 1. The third-order valence-corrected chi connectivity index (χ3v) is 3.74. The number of rotatable bonds is 7. The number of halogens is 2. The van der Waals surface area contributed by atoms with Crippen LogP contribution in [0.25, 0.3) is 0 Å². The maximum atomic E-state index is 12.0. The Hall–Kier alpha value is -0.780. The van der Waals surface area contributed by atoms with E-state index in [1.165, 1.54) is 0 Å². The first kappa shape index (κ1) is 17.3. The third-order valence-electron chi connectivity index (χ3n) is 2.88. The minimum Gasteiger partial charge on any atom is -0.480 e. The summed E-state index contributed by atoms with van der Waals surface area (Å²) >= 11 is 9.19. The van der Waals surface area contributed by atoms with Crippen LogP contribution in [0.1, 0.15) is 26.7 Å². The molecule has 0 heterocycles. The second kappa shape index (κ2) is 8.49. The molecule has 4 nitrogen and oxygen atoms in total. The molecule has 0 saturated carbocycles. The molecule has 1 amide bonds. The number of carbonyl (C=O) groups is 1. The minimum atomic E-state index is -0.625. The number of amides is 1. The summed E-state index contributed by atoms with van der Waals surface area (Å²) in [6, 6.07) is 5.09. The molecule has 0 aliphatic rings. The Morgan fingerprint density at radius 1 is 1.55 bits per heavy atom. The normalized spacial score (nSPS) is 13.7. The van der Waals surface area contributed by atoms with E-state index in [2.05, 4.69) is 21.2 Å². The Morgan fingerprint density at radius 2 is 2.25 bits per heavy atom. The monoisotopic (exact) mass is 363 g/mol. The van der Waals surface area contributed by atoms with Crippen LogP contribution in [0.15, 0.2) is 22.7 Å². The van der Waals surface area contributed by atoms with Crippen LogP contribution in [-0.2, 0) is 4.79 Å². The maximum absolute atomic E-state index is 12.0. The van der Waals surface area contributed by atoms with E-state index in [0.717, 1.165) is 6.42 Å². The molecule has 2 atom stereocenters. The molecule has 0 saturated heterocycles. The number of aliphatic hydroxyl groups excluding tert-OH is 1. The largest absolute Gasteiger partial charge is 0.480 e. The number of ether oxygens (including phenoxy) is 1. The number of benzene rings is 1. The van der Waals surface area contributed by atoms with Gasteiger partial charge < -0.3 is 15.2 Å². The van der Waals surface area contributed by atoms with Gasteiger partial charge in [-0.1, -0.05) is 18.5 Å². The number of nitrogens with one attached hydrogen (secondary N) is 1. The highest BCUT2D eigenvalue weighted by atomic mass is 79.9. The van der Waals surface area contributed by atoms with E-state index in [1.54, 1.807) is 25.1 Å². The van der Waals surface area contributed by atoms with Crippen molar-refractivity contribution in [1.82, 2.24) is 5.32 Å². The zero-order valence-corrected chi connectivity index (χ0v) is 13.9. The van der Waals surface area contributed by atoms with Crippen LogP contribution in [0, 0.1) is 0 Å². The predicted octanol–water partition coefficient (Wildman–Crippen LogP) is 3.15. The second-order valence-electron chi connectivity index (χ2n) is 4.46. The van der Waals surface area contributed by atoms with Gasteiger partial charge in [-0.2, -0.15) is 0 Å². The summed E-state index contributed by atoms with van der Waals surface area (Å²) in [6.07, 6.45) is 0.684. The fourth-order valence-electron chi connectivity index (χ4n) is 1.67. The molecule has 0 fully saturated rings. The van der Waals surface area contributed by atoms with Crippen LogP contribution < -0.4 is 10.1 Å². The summed E-state index contributed by atoms with van der Waals surface area (Å²) < 4.78 is 6.31. The molecule has 1 aromatic carbocycles. The van der Waals surface area contributed by atoms with Crippen molar-refractivity contribution in [3.8, 4) is 5.75 Å². The zero-order chi connectivity index (χ0) is 15.1. The number of hydrogen-bond donors (Lipinski definition) is 2. The lowest BCUT2D eigenvalue weighted by Gasteiger charge is -2.20. The van der Waals surface area contributed by atoms with E-state index in [0.29, 0.717) is 21.7 Å². The molecule has 0 aliphatic heterocycles. The van der Waals surface area contributed by atoms with Crippen LogP contribution in [-0.4, -0.2) is 29.8 Å². The Balaban J connectivity index is 2.61. The lowest BCUT2D eigenvalue weighted by atomic mass is 10.1. The van der Waals surface area contributed by atoms with Crippen molar-refractivity contribution in [2.75, 3.05) is 6.61 Å². The molecule has 0 bridgehead atoms. The van der Waals surface area contributed by atoms with Crippen molar-refractivity contribution in [1.29, 1.82) is 0 Å². The molecular weight excluding hydrogens is 346 g/mol. The highest BCUT2D eigenvalue weighted by molar-refractivity contribution is 9.10. The van der Waals surface area contributed by atoms with E-state index >= 15 is 0 Å². The number of hydrogen-bond acceptors (Lipinski definition) is 3. The average Bonchev–Trinajstić information content (AvgIpc) is 2.41. The Bertz CT molecular complexity index is 456. The van der Waals surface area contributed by atoms with Gasteiger partial charge in [0.1, 0.15) is 5.75 Å². The lowest BCUT2D eigenvalue weighted by molar-refractivity contribution is -0.128. The van der Waals surface area contributed by atoms with E-state index in [-0.39, 0.29) is 18.6 Å². The van der Waals surface area contributed by atoms with E-state index < -0.39 is 6.10 Å². The fraction of sp³-hybridized carbons (Fsp3) is 0.500. The molecule has 112 valence electrons. The van der Waals surface area contributed by atoms with Gasteiger partial charge in [0, 0.05) is 17.7 Å². The van der Waals surface area contributed by atoms with Crippen molar-refractivity contribution >= 4 is 33.4 Å². The van der Waals surface area contributed by atoms with Crippen molar-refractivity contribution < 1.29 is 14.6 Å². The topological polar surface area (TPSA) is 58.6 Å². The summed E-state index contributed by atoms with van der Waals surface area (Å²) in [6.45, 7) is 3.70. The van der Waals surface area contributed by atoms with Crippen LogP contribution >= 0.6 is 27.5 Å². The van der Waals surface area contributed by atoms with E-state index in [4.69, 9.17) is 21.4 Å². The van der Waals surface area contributed by atoms with Gasteiger partial charge in [0.05, 0.1) is 4.47 Å². The molecule has 6 heteroatoms. The van der Waals surface area contributed by atoms with Crippen molar-refractivity contribution in [2.24, 2.45) is 0 Å².